The van der Waals surface area contributed by atoms with Gasteiger partial charge in [-0.3, -0.25) is 4.57 Å². The zero-order chi connectivity index (χ0) is 21.9. The van der Waals surface area contributed by atoms with E-state index in [1.165, 1.54) is 17.2 Å². The smallest absolute Gasteiger partial charge is 0.795 e. The first kappa shape index (κ1) is 26.3. The van der Waals surface area contributed by atoms with Crippen molar-refractivity contribution in [2.24, 2.45) is 0 Å². The molecular formula is C17H25N5NaO7P. The molecule has 0 saturated carbocycles. The molecule has 12 nitrogen and oxygen atoms in total. The number of nitrogens with two attached hydrogens (primary N) is 1. The summed E-state index contributed by atoms with van der Waals surface area (Å²) in [5, 5.41) is 37.7. The van der Waals surface area contributed by atoms with Gasteiger partial charge in [0, 0.05) is 0 Å². The van der Waals surface area contributed by atoms with Gasteiger partial charge >= 0.3 is 29.6 Å². The average Bonchev–Trinajstić information content (AvgIpc) is 3.31. The molecule has 0 amide bonds. The summed E-state index contributed by atoms with van der Waals surface area (Å²) in [6.07, 6.45) is 3.02. The molecule has 2 aliphatic rings. The van der Waals surface area contributed by atoms with Crippen LogP contribution in [0, 0.1) is 0 Å². The Morgan fingerprint density at radius 3 is 2.55 bits per heavy atom. The van der Waals surface area contributed by atoms with Crippen LogP contribution in [0.2, 0.25) is 0 Å². The van der Waals surface area contributed by atoms with Gasteiger partial charge in [0.15, 0.2) is 17.7 Å². The summed E-state index contributed by atoms with van der Waals surface area (Å²) in [4.78, 5) is 23.0. The van der Waals surface area contributed by atoms with Gasteiger partial charge in [0.25, 0.3) is 0 Å². The van der Waals surface area contributed by atoms with Crippen molar-refractivity contribution >= 4 is 24.4 Å². The van der Waals surface area contributed by atoms with Crippen LogP contribution in [0.25, 0.3) is 11.2 Å². The van der Waals surface area contributed by atoms with Crippen molar-refractivity contribution in [2.75, 3.05) is 18.7 Å². The van der Waals surface area contributed by atoms with E-state index in [2.05, 4.69) is 15.0 Å². The monoisotopic (exact) mass is 465 g/mol. The molecule has 1 aliphatic heterocycles. The number of aliphatic hydroxyl groups is 4. The second kappa shape index (κ2) is 11.3. The van der Waals surface area contributed by atoms with E-state index in [-0.39, 0.29) is 35.4 Å². The van der Waals surface area contributed by atoms with E-state index in [0.29, 0.717) is 22.9 Å². The van der Waals surface area contributed by atoms with E-state index in [1.54, 1.807) is 6.08 Å². The Hall–Kier alpha value is -0.920. The number of imidazole rings is 1. The third kappa shape index (κ3) is 5.72. The van der Waals surface area contributed by atoms with Crippen LogP contribution in [-0.2, 0) is 9.30 Å². The van der Waals surface area contributed by atoms with Crippen LogP contribution in [0.1, 0.15) is 31.9 Å². The minimum Gasteiger partial charge on any atom is -0.795 e. The van der Waals surface area contributed by atoms with Crippen molar-refractivity contribution in [3.8, 4) is 0 Å². The summed E-state index contributed by atoms with van der Waals surface area (Å²) >= 11 is 0. The fourth-order valence-corrected chi connectivity index (χ4v) is 4.48. The van der Waals surface area contributed by atoms with Gasteiger partial charge in [0.1, 0.15) is 30.2 Å². The molecule has 0 aromatic carbocycles. The number of ether oxygens (including phenoxy) is 1. The second-order valence-electron chi connectivity index (χ2n) is 7.07. The van der Waals surface area contributed by atoms with Gasteiger partial charge in [-0.25, -0.2) is 15.0 Å². The van der Waals surface area contributed by atoms with E-state index < -0.39 is 44.9 Å². The fourth-order valence-electron chi connectivity index (χ4n) is 3.39. The Morgan fingerprint density at radius 2 is 1.97 bits per heavy atom. The maximum absolute atomic E-state index is 11.1. The zero-order valence-electron chi connectivity index (χ0n) is 17.1. The van der Waals surface area contributed by atoms with Crippen molar-refractivity contribution in [3.63, 3.8) is 0 Å². The molecule has 4 rings (SSSR count). The fraction of sp³-hybridized carbons (Fsp3) is 0.588. The molecule has 0 bridgehead atoms. The van der Waals surface area contributed by atoms with E-state index >= 15 is 0 Å². The van der Waals surface area contributed by atoms with Gasteiger partial charge in [0.05, 0.1) is 26.7 Å². The molecule has 0 spiro atoms. The van der Waals surface area contributed by atoms with Crippen LogP contribution < -0.4 is 40.2 Å². The first-order chi connectivity index (χ1) is 14.3. The van der Waals surface area contributed by atoms with Gasteiger partial charge in [-0.1, -0.05) is 6.08 Å². The largest absolute Gasteiger partial charge is 1.00 e. The van der Waals surface area contributed by atoms with Gasteiger partial charge in [-0.2, -0.15) is 0 Å². The molecule has 31 heavy (non-hydrogen) atoms. The Bertz CT molecular complexity index is 958. The maximum atomic E-state index is 11.1. The number of allylic oxidation sites excluding steroid dienone is 2. The van der Waals surface area contributed by atoms with Crippen molar-refractivity contribution in [2.45, 2.75) is 50.2 Å². The van der Waals surface area contributed by atoms with Crippen LogP contribution in [0.3, 0.4) is 0 Å². The van der Waals surface area contributed by atoms with Gasteiger partial charge in [0.2, 0.25) is 0 Å². The second-order valence-corrected chi connectivity index (χ2v) is 9.27. The third-order valence-corrected chi connectivity index (χ3v) is 6.72. The van der Waals surface area contributed by atoms with Crippen LogP contribution in [0.5, 0.6) is 0 Å². The molecule has 1 fully saturated rings. The molecule has 1 unspecified atom stereocenters. The topological polar surface area (TPSA) is 200 Å². The zero-order valence-corrected chi connectivity index (χ0v) is 20.0. The van der Waals surface area contributed by atoms with E-state index in [0.717, 1.165) is 19.3 Å². The molecule has 166 valence electrons. The minimum absolute atomic E-state index is 0. The number of rotatable bonds is 4. The number of aromatic nitrogens is 4. The van der Waals surface area contributed by atoms with Crippen LogP contribution in [-0.4, -0.2) is 71.2 Å². The number of nitrogens with zero attached hydrogens (tertiary/aromatic N) is 4. The number of hydrogen-bond acceptors (Lipinski definition) is 11. The maximum Gasteiger partial charge on any atom is 1.00 e. The predicted molar refractivity (Wildman–Crippen MR) is 104 cm³/mol. The SMILES string of the molecule is Nc1ncnc2c1ncn2[C@@H]1O[C@H](CO)[C@@H](O)[C@H]1O.O=P([O-])(CO)C1=CCCCC1.[Na+]. The molecule has 2 aromatic rings. The van der Waals surface area contributed by atoms with Crippen molar-refractivity contribution in [1.29, 1.82) is 0 Å². The molecule has 0 radical (unpaired) electrons. The van der Waals surface area contributed by atoms with E-state index in [9.17, 15) is 19.7 Å². The number of hydrogen-bond donors (Lipinski definition) is 5. The summed E-state index contributed by atoms with van der Waals surface area (Å²) in [5.74, 6) is 0.218. The Labute approximate surface area is 200 Å². The normalized spacial score (nSPS) is 27.6. The number of fused-ring (bicyclic) bond motifs is 1. The Balaban J connectivity index is 0.000000245. The predicted octanol–water partition coefficient (Wildman–Crippen LogP) is -3.94. The van der Waals surface area contributed by atoms with Crippen molar-refractivity contribution < 1.29 is 64.2 Å². The van der Waals surface area contributed by atoms with Crippen LogP contribution in [0.15, 0.2) is 24.0 Å². The molecule has 5 atom stereocenters. The summed E-state index contributed by atoms with van der Waals surface area (Å²) in [5.41, 5.74) is 6.44. The molecule has 3 heterocycles. The summed E-state index contributed by atoms with van der Waals surface area (Å²) in [6.45, 7) is -0.390. The van der Waals surface area contributed by atoms with E-state index in [4.69, 9.17) is 20.7 Å². The summed E-state index contributed by atoms with van der Waals surface area (Å²) in [6, 6.07) is 0. The molecule has 2 aromatic heterocycles. The van der Waals surface area contributed by atoms with Crippen LogP contribution in [0.4, 0.5) is 5.82 Å². The molecular weight excluding hydrogens is 440 g/mol. The standard InChI is InChI=1S/C10H13N5O4.C7H13O3P.Na/c11-8-5-9(13-2-12-8)15(3-14-5)10-7(18)6(17)4(1-16)19-10;8-6-11(9,10)7-4-2-1-3-5-7;/h2-4,6-7,10,16-18H,1H2,(H2,11,12,13);4,8H,1-3,5-6H2,(H,9,10);/q;;+1/p-1/t4-,6-,7-,10-;;/m1../s1. The average molecular weight is 465 g/mol. The summed E-state index contributed by atoms with van der Waals surface area (Å²) < 4.78 is 17.9. The first-order valence-corrected chi connectivity index (χ1v) is 11.3. The third-order valence-electron chi connectivity index (χ3n) is 5.07. The summed E-state index contributed by atoms with van der Waals surface area (Å²) in [7, 11) is -3.58. The minimum atomic E-state index is -3.58. The van der Waals surface area contributed by atoms with Gasteiger partial charge < -0.3 is 40.4 Å². The molecule has 14 heteroatoms. The molecule has 1 saturated heterocycles. The van der Waals surface area contributed by atoms with Gasteiger partial charge in [-0.15, -0.1) is 0 Å². The van der Waals surface area contributed by atoms with Crippen molar-refractivity contribution in [1.82, 2.24) is 19.5 Å². The van der Waals surface area contributed by atoms with E-state index in [1.807, 2.05) is 0 Å². The van der Waals surface area contributed by atoms with Crippen LogP contribution >= 0.6 is 7.37 Å². The molecule has 1 aliphatic carbocycles. The van der Waals surface area contributed by atoms with Crippen molar-refractivity contribution in [3.05, 3.63) is 24.0 Å². The Kier molecular flexibility index (Phi) is 9.58. The number of nitrogen functional groups attached to an aromatic ring is 1. The van der Waals surface area contributed by atoms with Gasteiger partial charge in [-0.05, 0) is 31.0 Å². The Morgan fingerprint density at radius 1 is 1.23 bits per heavy atom. The quantitative estimate of drug-likeness (QED) is 0.218. The number of anilines is 1. The first-order valence-electron chi connectivity index (χ1n) is 9.46. The number of aliphatic hydroxyl groups excluding tert-OH is 4. The molecule has 6 N–H and O–H groups in total.